The van der Waals surface area contributed by atoms with Gasteiger partial charge in [-0.25, -0.2) is 0 Å². The van der Waals surface area contributed by atoms with Gasteiger partial charge in [0.25, 0.3) is 0 Å². The first-order chi connectivity index (χ1) is 7.93. The van der Waals surface area contributed by atoms with Crippen molar-refractivity contribution in [3.63, 3.8) is 0 Å². The lowest BCUT2D eigenvalue weighted by atomic mass is 9.79. The highest BCUT2D eigenvalue weighted by Crippen LogP contribution is 2.31. The minimum atomic E-state index is 0.645. The van der Waals surface area contributed by atoms with Crippen molar-refractivity contribution >= 4 is 0 Å². The zero-order valence-corrected chi connectivity index (χ0v) is 10.1. The fourth-order valence-corrected chi connectivity index (χ4v) is 3.56. The summed E-state index contributed by atoms with van der Waals surface area (Å²) in [4.78, 5) is 0. The average molecular weight is 224 g/mol. The fraction of sp³-hybridized carbons (Fsp3) is 1.00. The molecule has 3 rings (SSSR count). The van der Waals surface area contributed by atoms with E-state index < -0.39 is 0 Å². The second kappa shape index (κ2) is 5.03. The van der Waals surface area contributed by atoms with Crippen LogP contribution in [0.2, 0.25) is 0 Å². The zero-order valence-electron chi connectivity index (χ0n) is 10.1. The molecule has 0 amide bonds. The van der Waals surface area contributed by atoms with Crippen LogP contribution in [0.3, 0.4) is 0 Å². The molecule has 16 heavy (non-hydrogen) atoms. The number of hydrogen-bond donors (Lipinski definition) is 2. The largest absolute Gasteiger partial charge is 0.378 e. The lowest BCUT2D eigenvalue weighted by Gasteiger charge is -2.40. The molecule has 0 aromatic carbocycles. The fourth-order valence-electron chi connectivity index (χ4n) is 3.56. The predicted octanol–water partition coefficient (Wildman–Crippen LogP) is 1.29. The van der Waals surface area contributed by atoms with E-state index in [1.54, 1.807) is 0 Å². The third kappa shape index (κ3) is 2.27. The molecule has 2 saturated heterocycles. The van der Waals surface area contributed by atoms with Crippen LogP contribution in [-0.4, -0.2) is 37.9 Å². The van der Waals surface area contributed by atoms with E-state index in [2.05, 4.69) is 10.6 Å². The van der Waals surface area contributed by atoms with Crippen molar-refractivity contribution in [1.29, 1.82) is 0 Å². The first kappa shape index (κ1) is 11.0. The maximum atomic E-state index is 5.26. The van der Waals surface area contributed by atoms with E-state index in [1.165, 1.54) is 45.1 Å². The summed E-state index contributed by atoms with van der Waals surface area (Å²) in [6.07, 6.45) is 8.41. The second-order valence-corrected chi connectivity index (χ2v) is 5.66. The van der Waals surface area contributed by atoms with Crippen LogP contribution in [-0.2, 0) is 4.74 Å². The summed E-state index contributed by atoms with van der Waals surface area (Å²) in [5, 5.41) is 7.51. The number of hydrogen-bond acceptors (Lipinski definition) is 3. The first-order valence-electron chi connectivity index (χ1n) is 7.00. The third-order valence-electron chi connectivity index (χ3n) is 4.52. The van der Waals surface area contributed by atoms with Gasteiger partial charge in [0.1, 0.15) is 0 Å². The van der Waals surface area contributed by atoms with Gasteiger partial charge in [-0.1, -0.05) is 12.8 Å². The molecule has 1 saturated carbocycles. The van der Waals surface area contributed by atoms with E-state index in [-0.39, 0.29) is 0 Å². The van der Waals surface area contributed by atoms with E-state index >= 15 is 0 Å². The van der Waals surface area contributed by atoms with Crippen molar-refractivity contribution in [2.45, 2.75) is 56.7 Å². The van der Waals surface area contributed by atoms with E-state index in [9.17, 15) is 0 Å². The van der Waals surface area contributed by atoms with Crippen molar-refractivity contribution in [3.8, 4) is 0 Å². The summed E-state index contributed by atoms with van der Waals surface area (Å²) in [6.45, 7) is 3.10. The molecular weight excluding hydrogens is 200 g/mol. The molecule has 0 aromatic heterocycles. The molecular formula is C13H24N2O. The lowest BCUT2D eigenvalue weighted by molar-refractivity contribution is -0.0170. The van der Waals surface area contributed by atoms with Gasteiger partial charge in [0.2, 0.25) is 0 Å². The number of nitrogens with one attached hydrogen (secondary N) is 2. The van der Waals surface area contributed by atoms with Crippen LogP contribution in [0.25, 0.3) is 0 Å². The molecule has 2 N–H and O–H groups in total. The quantitative estimate of drug-likeness (QED) is 0.758. The molecule has 3 heteroatoms. The molecule has 0 spiro atoms. The predicted molar refractivity (Wildman–Crippen MR) is 64.5 cm³/mol. The average Bonchev–Trinajstić information content (AvgIpc) is 2.77. The summed E-state index contributed by atoms with van der Waals surface area (Å²) in [5.41, 5.74) is 0. The van der Waals surface area contributed by atoms with E-state index in [0.717, 1.165) is 31.2 Å². The Balaban J connectivity index is 1.58. The Labute approximate surface area is 98.3 Å². The minimum Gasteiger partial charge on any atom is -0.378 e. The Morgan fingerprint density at radius 1 is 1.00 bits per heavy atom. The smallest absolute Gasteiger partial charge is 0.0643 e. The van der Waals surface area contributed by atoms with Crippen LogP contribution in [0.5, 0.6) is 0 Å². The summed E-state index contributed by atoms with van der Waals surface area (Å²) in [7, 11) is 0. The van der Waals surface area contributed by atoms with Gasteiger partial charge >= 0.3 is 0 Å². The monoisotopic (exact) mass is 224 g/mol. The van der Waals surface area contributed by atoms with Gasteiger partial charge in [-0.2, -0.15) is 0 Å². The van der Waals surface area contributed by atoms with Gasteiger partial charge in [-0.3, -0.25) is 0 Å². The molecule has 3 aliphatic rings. The van der Waals surface area contributed by atoms with Crippen molar-refractivity contribution in [2.75, 3.05) is 19.8 Å². The summed E-state index contributed by atoms with van der Waals surface area (Å²) in [5.74, 6) is 0.872. The number of ether oxygens (including phenoxy) is 1. The Bertz CT molecular complexity index is 224. The van der Waals surface area contributed by atoms with Crippen molar-refractivity contribution in [3.05, 3.63) is 0 Å². The molecule has 3 unspecified atom stereocenters. The Hall–Kier alpha value is -0.120. The molecule has 1 aliphatic carbocycles. The molecule has 2 heterocycles. The van der Waals surface area contributed by atoms with Gasteiger partial charge in [-0.05, 0) is 38.1 Å². The highest BCUT2D eigenvalue weighted by atomic mass is 16.5. The molecule has 92 valence electrons. The first-order valence-corrected chi connectivity index (χ1v) is 7.00. The Morgan fingerprint density at radius 2 is 1.88 bits per heavy atom. The van der Waals surface area contributed by atoms with Crippen LogP contribution in [0.1, 0.15) is 38.5 Å². The summed E-state index contributed by atoms with van der Waals surface area (Å²) < 4.78 is 5.26. The van der Waals surface area contributed by atoms with Gasteiger partial charge < -0.3 is 15.4 Å². The highest BCUT2D eigenvalue weighted by molar-refractivity contribution is 4.93. The maximum Gasteiger partial charge on any atom is 0.0643 e. The van der Waals surface area contributed by atoms with Crippen molar-refractivity contribution < 1.29 is 4.74 Å². The highest BCUT2D eigenvalue weighted by Gasteiger charge is 2.35. The lowest BCUT2D eigenvalue weighted by Crippen LogP contribution is -2.55. The normalized spacial score (nSPS) is 40.9. The van der Waals surface area contributed by atoms with Crippen LogP contribution in [0.15, 0.2) is 0 Å². The molecule has 3 atom stereocenters. The molecule has 0 bridgehead atoms. The van der Waals surface area contributed by atoms with E-state index in [4.69, 9.17) is 4.74 Å². The second-order valence-electron chi connectivity index (χ2n) is 5.66. The molecule has 3 fully saturated rings. The topological polar surface area (TPSA) is 33.3 Å². The molecule has 0 aromatic rings. The van der Waals surface area contributed by atoms with Gasteiger partial charge in [0, 0.05) is 12.1 Å². The molecule has 0 radical (unpaired) electrons. The Kier molecular flexibility index (Phi) is 3.46. The van der Waals surface area contributed by atoms with Gasteiger partial charge in [-0.15, -0.1) is 0 Å². The minimum absolute atomic E-state index is 0.645. The van der Waals surface area contributed by atoms with Crippen LogP contribution >= 0.6 is 0 Å². The van der Waals surface area contributed by atoms with Gasteiger partial charge in [0.15, 0.2) is 0 Å². The van der Waals surface area contributed by atoms with E-state index in [1.807, 2.05) is 0 Å². The maximum absolute atomic E-state index is 5.26. The van der Waals surface area contributed by atoms with Crippen LogP contribution in [0, 0.1) is 5.92 Å². The number of rotatable bonds is 3. The van der Waals surface area contributed by atoms with Crippen molar-refractivity contribution in [1.82, 2.24) is 10.6 Å². The standard InChI is InChI=1S/C13H24N2O/c1-2-5-13(15-10-8-16-9-10)11(4-1)12-6-3-7-14-12/h10-15H,1-9H2. The Morgan fingerprint density at radius 3 is 2.56 bits per heavy atom. The summed E-state index contributed by atoms with van der Waals surface area (Å²) >= 11 is 0. The SMILES string of the molecule is C1CNC(C2CCCCC2NC2COC2)C1. The summed E-state index contributed by atoms with van der Waals surface area (Å²) in [6, 6.07) is 2.18. The van der Waals surface area contributed by atoms with Crippen molar-refractivity contribution in [2.24, 2.45) is 5.92 Å². The van der Waals surface area contributed by atoms with E-state index in [0.29, 0.717) is 6.04 Å². The van der Waals surface area contributed by atoms with Crippen LogP contribution < -0.4 is 10.6 Å². The van der Waals surface area contributed by atoms with Gasteiger partial charge in [0.05, 0.1) is 19.3 Å². The van der Waals surface area contributed by atoms with Crippen LogP contribution in [0.4, 0.5) is 0 Å². The zero-order chi connectivity index (χ0) is 10.8. The molecule has 2 aliphatic heterocycles. The third-order valence-corrected chi connectivity index (χ3v) is 4.52. The molecule has 3 nitrogen and oxygen atoms in total.